The molecule has 0 saturated heterocycles. The Morgan fingerprint density at radius 2 is 1.52 bits per heavy atom. The maximum Gasteiger partial charge on any atom is 0.308 e. The third kappa shape index (κ3) is 7.19. The summed E-state index contributed by atoms with van der Waals surface area (Å²) in [6.07, 6.45) is 0. The molecule has 0 atom stereocenters. The fourth-order valence-electron chi connectivity index (χ4n) is 1.29. The first-order chi connectivity index (χ1) is 9.76. The molecule has 0 saturated carbocycles. The lowest BCUT2D eigenvalue weighted by Crippen LogP contribution is -2.01. The number of carbonyl (C=O) groups is 1. The highest BCUT2D eigenvalue weighted by atomic mass is 79.9. The Kier molecular flexibility index (Phi) is 6.77. The van der Waals surface area contributed by atoms with Gasteiger partial charge in [0.05, 0.1) is 0 Å². The third-order valence-corrected chi connectivity index (χ3v) is 2.86. The molecular weight excluding hydrogens is 414 g/mol. The number of phenolic OH excluding ortho intramolecular Hbond substituents is 1. The number of hydrogen-bond donors (Lipinski definition) is 1. The molecule has 0 radical (unpaired) electrons. The van der Waals surface area contributed by atoms with Crippen molar-refractivity contribution in [2.45, 2.75) is 6.92 Å². The molecule has 0 aliphatic heterocycles. The van der Waals surface area contributed by atoms with Gasteiger partial charge >= 0.3 is 5.97 Å². The largest absolute Gasteiger partial charge is 0.508 e. The van der Waals surface area contributed by atoms with Crippen LogP contribution in [0.25, 0.3) is 0 Å². The predicted molar refractivity (Wildman–Crippen MR) is 81.2 cm³/mol. The van der Waals surface area contributed by atoms with E-state index in [1.54, 1.807) is 0 Å². The molecule has 0 spiro atoms. The highest BCUT2D eigenvalue weighted by molar-refractivity contribution is 9.10. The van der Waals surface area contributed by atoms with E-state index in [1.807, 2.05) is 0 Å². The van der Waals surface area contributed by atoms with E-state index in [2.05, 4.69) is 36.6 Å². The van der Waals surface area contributed by atoms with Gasteiger partial charge in [0, 0.05) is 28.0 Å². The third-order valence-electron chi connectivity index (χ3n) is 1.94. The van der Waals surface area contributed by atoms with Crippen LogP contribution in [0, 0.1) is 11.6 Å². The molecule has 0 fully saturated rings. The second kappa shape index (κ2) is 8.09. The average molecular weight is 424 g/mol. The Labute approximate surface area is 136 Å². The number of benzene rings is 2. The Morgan fingerprint density at radius 3 is 1.95 bits per heavy atom. The average Bonchev–Trinajstić information content (AvgIpc) is 2.24. The van der Waals surface area contributed by atoms with Crippen molar-refractivity contribution in [1.29, 1.82) is 0 Å². The van der Waals surface area contributed by atoms with Gasteiger partial charge in [-0.15, -0.1) is 0 Å². The molecule has 3 nitrogen and oxygen atoms in total. The Hall–Kier alpha value is -1.47. The van der Waals surface area contributed by atoms with Crippen LogP contribution >= 0.6 is 31.9 Å². The van der Waals surface area contributed by atoms with Crippen molar-refractivity contribution < 1.29 is 23.4 Å². The van der Waals surface area contributed by atoms with Crippen molar-refractivity contribution in [1.82, 2.24) is 0 Å². The molecule has 21 heavy (non-hydrogen) atoms. The van der Waals surface area contributed by atoms with E-state index in [4.69, 9.17) is 5.11 Å². The van der Waals surface area contributed by atoms with Crippen LogP contribution in [0.15, 0.2) is 45.3 Å². The van der Waals surface area contributed by atoms with Crippen LogP contribution in [-0.4, -0.2) is 11.1 Å². The SMILES string of the molecule is CC(=O)Oc1cc(F)cc(Br)c1.Oc1cc(F)cc(Br)c1. The van der Waals surface area contributed by atoms with E-state index in [-0.39, 0.29) is 11.5 Å². The standard InChI is InChI=1S/C8H6BrFO2.C6H4BrFO/c1-5(11)12-8-3-6(9)2-7(10)4-8;7-4-1-5(8)3-6(9)2-4/h2-4H,1H3;1-3,9H. The quantitative estimate of drug-likeness (QED) is 0.529. The summed E-state index contributed by atoms with van der Waals surface area (Å²) >= 11 is 6.08. The molecule has 0 amide bonds. The molecular formula is C14H10Br2F2O3. The lowest BCUT2D eigenvalue weighted by molar-refractivity contribution is -0.131. The molecule has 112 valence electrons. The molecule has 2 rings (SSSR count). The van der Waals surface area contributed by atoms with Crippen molar-refractivity contribution >= 4 is 37.8 Å². The zero-order chi connectivity index (χ0) is 16.0. The van der Waals surface area contributed by atoms with Gasteiger partial charge in [0.2, 0.25) is 0 Å². The van der Waals surface area contributed by atoms with Crippen molar-refractivity contribution in [3.8, 4) is 11.5 Å². The smallest absolute Gasteiger partial charge is 0.308 e. The normalized spacial score (nSPS) is 9.57. The summed E-state index contributed by atoms with van der Waals surface area (Å²) in [5.74, 6) is -1.22. The van der Waals surface area contributed by atoms with E-state index >= 15 is 0 Å². The lowest BCUT2D eigenvalue weighted by Gasteiger charge is -2.00. The summed E-state index contributed by atoms with van der Waals surface area (Å²) < 4.78 is 30.6. The summed E-state index contributed by atoms with van der Waals surface area (Å²) in [6, 6.07) is 7.69. The van der Waals surface area contributed by atoms with Gasteiger partial charge < -0.3 is 9.84 Å². The van der Waals surface area contributed by atoms with Gasteiger partial charge in [-0.2, -0.15) is 0 Å². The highest BCUT2D eigenvalue weighted by Crippen LogP contribution is 2.20. The minimum atomic E-state index is -0.465. The molecule has 7 heteroatoms. The fourth-order valence-corrected chi connectivity index (χ4v) is 2.19. The lowest BCUT2D eigenvalue weighted by atomic mass is 10.3. The van der Waals surface area contributed by atoms with Gasteiger partial charge in [-0.25, -0.2) is 8.78 Å². The number of ether oxygens (including phenoxy) is 1. The van der Waals surface area contributed by atoms with Crippen LogP contribution in [0.2, 0.25) is 0 Å². The van der Waals surface area contributed by atoms with Crippen LogP contribution in [0.4, 0.5) is 8.78 Å². The number of hydrogen-bond acceptors (Lipinski definition) is 3. The van der Waals surface area contributed by atoms with Gasteiger partial charge in [-0.1, -0.05) is 31.9 Å². The van der Waals surface area contributed by atoms with E-state index in [0.29, 0.717) is 8.95 Å². The van der Waals surface area contributed by atoms with Crippen LogP contribution in [0.5, 0.6) is 11.5 Å². The van der Waals surface area contributed by atoms with Gasteiger partial charge in [0.15, 0.2) is 0 Å². The van der Waals surface area contributed by atoms with E-state index < -0.39 is 17.6 Å². The zero-order valence-corrected chi connectivity index (χ0v) is 13.9. The number of aromatic hydroxyl groups is 1. The molecule has 0 aromatic heterocycles. The molecule has 0 aliphatic carbocycles. The second-order valence-electron chi connectivity index (χ2n) is 3.83. The molecule has 0 heterocycles. The molecule has 2 aromatic carbocycles. The summed E-state index contributed by atoms with van der Waals surface area (Å²) in [5.41, 5.74) is 0. The monoisotopic (exact) mass is 422 g/mol. The van der Waals surface area contributed by atoms with Gasteiger partial charge in [0.25, 0.3) is 0 Å². The van der Waals surface area contributed by atoms with Crippen molar-refractivity contribution in [3.63, 3.8) is 0 Å². The van der Waals surface area contributed by atoms with Gasteiger partial charge in [0.1, 0.15) is 23.1 Å². The van der Waals surface area contributed by atoms with E-state index in [9.17, 15) is 13.6 Å². The summed E-state index contributed by atoms with van der Waals surface area (Å²) in [4.78, 5) is 10.5. The summed E-state index contributed by atoms with van der Waals surface area (Å²) in [7, 11) is 0. The Balaban J connectivity index is 0.000000219. The highest BCUT2D eigenvalue weighted by Gasteiger charge is 2.01. The number of halogens is 4. The van der Waals surface area contributed by atoms with Crippen molar-refractivity contribution in [3.05, 3.63) is 57.0 Å². The van der Waals surface area contributed by atoms with E-state index in [1.165, 1.54) is 31.2 Å². The van der Waals surface area contributed by atoms with E-state index in [0.717, 1.165) is 12.1 Å². The van der Waals surface area contributed by atoms with Gasteiger partial charge in [-0.3, -0.25) is 4.79 Å². The number of rotatable bonds is 1. The maximum atomic E-state index is 12.7. The van der Waals surface area contributed by atoms with Gasteiger partial charge in [-0.05, 0) is 24.3 Å². The molecule has 2 aromatic rings. The Morgan fingerprint density at radius 1 is 1.00 bits per heavy atom. The van der Waals surface area contributed by atoms with Crippen molar-refractivity contribution in [2.24, 2.45) is 0 Å². The van der Waals surface area contributed by atoms with Crippen LogP contribution in [0.3, 0.4) is 0 Å². The fraction of sp³-hybridized carbons (Fsp3) is 0.0714. The summed E-state index contributed by atoms with van der Waals surface area (Å²) in [5, 5.41) is 8.72. The Bertz CT molecular complexity index is 577. The minimum Gasteiger partial charge on any atom is -0.508 e. The first kappa shape index (κ1) is 17.6. The molecule has 0 unspecified atom stereocenters. The van der Waals surface area contributed by atoms with Crippen LogP contribution in [0.1, 0.15) is 6.92 Å². The molecule has 0 aliphatic rings. The number of phenols is 1. The maximum absolute atomic E-state index is 12.7. The number of carbonyl (C=O) groups excluding carboxylic acids is 1. The second-order valence-corrected chi connectivity index (χ2v) is 5.66. The zero-order valence-electron chi connectivity index (χ0n) is 10.7. The van der Waals surface area contributed by atoms with Crippen LogP contribution in [-0.2, 0) is 4.79 Å². The molecule has 0 bridgehead atoms. The van der Waals surface area contributed by atoms with Crippen molar-refractivity contribution in [2.75, 3.05) is 0 Å². The minimum absolute atomic E-state index is 0.0677. The first-order valence-corrected chi connectivity index (χ1v) is 7.14. The topological polar surface area (TPSA) is 46.5 Å². The first-order valence-electron chi connectivity index (χ1n) is 5.56. The number of esters is 1. The summed E-state index contributed by atoms with van der Waals surface area (Å²) in [6.45, 7) is 1.26. The van der Waals surface area contributed by atoms with Crippen LogP contribution < -0.4 is 4.74 Å². The molecule has 1 N–H and O–H groups in total. The predicted octanol–water partition coefficient (Wildman–Crippen LogP) is 4.81.